The first-order valence-electron chi connectivity index (χ1n) is 9.04. The maximum Gasteiger partial charge on any atom is 0.232 e. The van der Waals surface area contributed by atoms with Crippen LogP contribution in [0.25, 0.3) is 6.08 Å². The molecule has 0 bridgehead atoms. The number of ketones is 1. The number of ether oxygens (including phenoxy) is 5. The highest BCUT2D eigenvalue weighted by atomic mass is 16.5. The van der Waals surface area contributed by atoms with Crippen molar-refractivity contribution >= 4 is 11.9 Å². The Bertz CT molecular complexity index is 978. The molecule has 0 atom stereocenters. The molecule has 0 fully saturated rings. The molecule has 0 radical (unpaired) electrons. The fourth-order valence-electron chi connectivity index (χ4n) is 3.10. The van der Waals surface area contributed by atoms with E-state index < -0.39 is 0 Å². The van der Waals surface area contributed by atoms with E-state index in [1.807, 2.05) is 19.9 Å². The van der Waals surface area contributed by atoms with Gasteiger partial charge in [-0.05, 0) is 54.8 Å². The molecule has 29 heavy (non-hydrogen) atoms. The summed E-state index contributed by atoms with van der Waals surface area (Å²) in [6, 6.07) is 7.05. The number of carbonyl (C=O) groups excluding carboxylic acids is 1. The van der Waals surface area contributed by atoms with Crippen molar-refractivity contribution in [2.24, 2.45) is 0 Å². The molecule has 2 aromatic carbocycles. The minimum Gasteiger partial charge on any atom is -0.493 e. The second-order valence-corrected chi connectivity index (χ2v) is 6.76. The molecule has 0 unspecified atom stereocenters. The van der Waals surface area contributed by atoms with Crippen molar-refractivity contribution in [2.45, 2.75) is 13.8 Å². The van der Waals surface area contributed by atoms with Crippen molar-refractivity contribution < 1.29 is 28.5 Å². The molecule has 6 nitrogen and oxygen atoms in total. The molecule has 6 heteroatoms. The first kappa shape index (κ1) is 20.3. The zero-order valence-corrected chi connectivity index (χ0v) is 17.3. The van der Waals surface area contributed by atoms with Crippen LogP contribution in [0.15, 0.2) is 42.2 Å². The lowest BCUT2D eigenvalue weighted by atomic mass is 10.0. The lowest BCUT2D eigenvalue weighted by Crippen LogP contribution is -2.01. The predicted octanol–water partition coefficient (Wildman–Crippen LogP) is 4.59. The highest BCUT2D eigenvalue weighted by Crippen LogP contribution is 2.41. The Hall–Kier alpha value is -3.41. The zero-order valence-electron chi connectivity index (χ0n) is 17.3. The lowest BCUT2D eigenvalue weighted by molar-refractivity contribution is 0.101. The quantitative estimate of drug-likeness (QED) is 0.504. The minimum absolute atomic E-state index is 0.183. The highest BCUT2D eigenvalue weighted by molar-refractivity contribution is 6.15. The maximum absolute atomic E-state index is 12.9. The first-order valence-corrected chi connectivity index (χ1v) is 9.04. The number of hydrogen-bond donors (Lipinski definition) is 0. The molecule has 0 aliphatic carbocycles. The molecule has 1 heterocycles. The second kappa shape index (κ2) is 8.31. The smallest absolute Gasteiger partial charge is 0.232 e. The van der Waals surface area contributed by atoms with E-state index in [1.54, 1.807) is 24.3 Å². The van der Waals surface area contributed by atoms with Crippen molar-refractivity contribution in [3.05, 3.63) is 58.9 Å². The fraction of sp³-hybridized carbons (Fsp3) is 0.261. The maximum atomic E-state index is 12.9. The van der Waals surface area contributed by atoms with E-state index in [0.29, 0.717) is 46.5 Å². The van der Waals surface area contributed by atoms with E-state index in [-0.39, 0.29) is 11.5 Å². The SMILES string of the molecule is C=C(C)COc1cc(C)c2c(c1)OC(=Cc1cc(OC)c(OC)c(OC)c1)C2=O. The molecule has 3 rings (SSSR count). The van der Waals surface area contributed by atoms with E-state index in [4.69, 9.17) is 23.7 Å². The van der Waals surface area contributed by atoms with Gasteiger partial charge < -0.3 is 23.7 Å². The third-order valence-electron chi connectivity index (χ3n) is 4.41. The molecule has 0 saturated carbocycles. The van der Waals surface area contributed by atoms with Gasteiger partial charge in [0.1, 0.15) is 18.1 Å². The van der Waals surface area contributed by atoms with Crippen LogP contribution >= 0.6 is 0 Å². The van der Waals surface area contributed by atoms with Gasteiger partial charge in [-0.3, -0.25) is 4.79 Å². The monoisotopic (exact) mass is 396 g/mol. The average Bonchev–Trinajstić information content (AvgIpc) is 3.01. The Morgan fingerprint density at radius 3 is 2.28 bits per heavy atom. The van der Waals surface area contributed by atoms with Gasteiger partial charge in [-0.15, -0.1) is 0 Å². The zero-order chi connectivity index (χ0) is 21.1. The summed E-state index contributed by atoms with van der Waals surface area (Å²) in [6.45, 7) is 7.98. The van der Waals surface area contributed by atoms with E-state index >= 15 is 0 Å². The number of methoxy groups -OCH3 is 3. The van der Waals surface area contributed by atoms with Gasteiger partial charge in [0, 0.05) is 6.07 Å². The number of fused-ring (bicyclic) bond motifs is 1. The Morgan fingerprint density at radius 2 is 1.72 bits per heavy atom. The number of Topliss-reactive ketones (excluding diaryl/α,β-unsaturated/α-hetero) is 1. The van der Waals surface area contributed by atoms with Gasteiger partial charge in [0.2, 0.25) is 11.5 Å². The molecule has 152 valence electrons. The summed E-state index contributed by atoms with van der Waals surface area (Å²) >= 11 is 0. The van der Waals surface area contributed by atoms with Crippen molar-refractivity contribution in [1.82, 2.24) is 0 Å². The molecular weight excluding hydrogens is 372 g/mol. The highest BCUT2D eigenvalue weighted by Gasteiger charge is 2.30. The Balaban J connectivity index is 1.96. The molecule has 1 aliphatic rings. The number of allylic oxidation sites excluding steroid dienone is 1. The van der Waals surface area contributed by atoms with Crippen LogP contribution in [-0.4, -0.2) is 33.7 Å². The van der Waals surface area contributed by atoms with Crippen LogP contribution < -0.4 is 23.7 Å². The van der Waals surface area contributed by atoms with Gasteiger partial charge in [-0.1, -0.05) is 6.58 Å². The number of rotatable bonds is 7. The van der Waals surface area contributed by atoms with Crippen molar-refractivity contribution in [3.8, 4) is 28.7 Å². The summed E-state index contributed by atoms with van der Waals surface area (Å²) < 4.78 is 27.6. The number of hydrogen-bond acceptors (Lipinski definition) is 6. The van der Waals surface area contributed by atoms with E-state index in [0.717, 1.165) is 11.1 Å². The molecular formula is C23H24O6. The predicted molar refractivity (Wildman–Crippen MR) is 111 cm³/mol. The van der Waals surface area contributed by atoms with Crippen LogP contribution in [0, 0.1) is 6.92 Å². The molecule has 0 aromatic heterocycles. The second-order valence-electron chi connectivity index (χ2n) is 6.76. The molecule has 0 amide bonds. The summed E-state index contributed by atoms with van der Waals surface area (Å²) in [5.74, 6) is 2.61. The normalized spacial score (nSPS) is 13.7. The first-order chi connectivity index (χ1) is 13.9. The minimum atomic E-state index is -0.183. The summed E-state index contributed by atoms with van der Waals surface area (Å²) in [7, 11) is 4.61. The molecule has 0 saturated heterocycles. The topological polar surface area (TPSA) is 63.2 Å². The number of benzene rings is 2. The third kappa shape index (κ3) is 4.06. The Labute approximate surface area is 170 Å². The van der Waals surface area contributed by atoms with E-state index in [9.17, 15) is 4.79 Å². The van der Waals surface area contributed by atoms with Gasteiger partial charge in [0.05, 0.1) is 26.9 Å². The number of carbonyl (C=O) groups is 1. The lowest BCUT2D eigenvalue weighted by Gasteiger charge is -2.13. The molecule has 0 N–H and O–H groups in total. The third-order valence-corrected chi connectivity index (χ3v) is 4.41. The van der Waals surface area contributed by atoms with Crippen LogP contribution in [0.5, 0.6) is 28.7 Å². The standard InChI is InChI=1S/C23H24O6/c1-13(2)12-28-16-7-14(3)21-17(11-16)29-18(22(21)24)8-15-9-19(25-4)23(27-6)20(10-15)26-5/h7-11H,1,12H2,2-6H3. The van der Waals surface area contributed by atoms with Crippen molar-refractivity contribution in [1.29, 1.82) is 0 Å². The van der Waals surface area contributed by atoms with E-state index in [2.05, 4.69) is 6.58 Å². The van der Waals surface area contributed by atoms with Gasteiger partial charge in [-0.2, -0.15) is 0 Å². The van der Waals surface area contributed by atoms with E-state index in [1.165, 1.54) is 21.3 Å². The van der Waals surface area contributed by atoms with Crippen LogP contribution in [0.4, 0.5) is 0 Å². The van der Waals surface area contributed by atoms with Crippen LogP contribution in [0.2, 0.25) is 0 Å². The Morgan fingerprint density at radius 1 is 1.07 bits per heavy atom. The average molecular weight is 396 g/mol. The van der Waals surface area contributed by atoms with Crippen LogP contribution in [0.1, 0.15) is 28.4 Å². The largest absolute Gasteiger partial charge is 0.493 e. The van der Waals surface area contributed by atoms with Gasteiger partial charge in [0.25, 0.3) is 0 Å². The van der Waals surface area contributed by atoms with Gasteiger partial charge >= 0.3 is 0 Å². The Kier molecular flexibility index (Phi) is 5.82. The van der Waals surface area contributed by atoms with Gasteiger partial charge in [-0.25, -0.2) is 0 Å². The number of aryl methyl sites for hydroxylation is 1. The van der Waals surface area contributed by atoms with Crippen molar-refractivity contribution in [2.75, 3.05) is 27.9 Å². The van der Waals surface area contributed by atoms with Gasteiger partial charge in [0.15, 0.2) is 17.3 Å². The summed E-state index contributed by atoms with van der Waals surface area (Å²) in [5.41, 5.74) is 2.92. The summed E-state index contributed by atoms with van der Waals surface area (Å²) in [5, 5.41) is 0. The molecule has 0 spiro atoms. The summed E-state index contributed by atoms with van der Waals surface area (Å²) in [6.07, 6.45) is 1.65. The van der Waals surface area contributed by atoms with Crippen LogP contribution in [0.3, 0.4) is 0 Å². The summed E-state index contributed by atoms with van der Waals surface area (Å²) in [4.78, 5) is 12.9. The molecule has 2 aromatic rings. The van der Waals surface area contributed by atoms with Crippen molar-refractivity contribution in [3.63, 3.8) is 0 Å². The van der Waals surface area contributed by atoms with Crippen LogP contribution in [-0.2, 0) is 0 Å². The fourth-order valence-corrected chi connectivity index (χ4v) is 3.10. The molecule has 1 aliphatic heterocycles.